The molecular formula is C20H26F2N4O2. The Bertz CT molecular complexity index is 762. The van der Waals surface area contributed by atoms with Gasteiger partial charge >= 0.3 is 0 Å². The van der Waals surface area contributed by atoms with Crippen LogP contribution in [0.2, 0.25) is 0 Å². The van der Waals surface area contributed by atoms with Crippen molar-refractivity contribution < 1.29 is 19.0 Å². The first-order valence-corrected chi connectivity index (χ1v) is 9.37. The van der Waals surface area contributed by atoms with Gasteiger partial charge in [0.1, 0.15) is 17.7 Å². The standard InChI is InChI=1S/C20H26F2N4O2/c1-19(21,22)13-26-9-7-20(28,8-10-26)17-11-18(25-14-24-17)23-12-16(27)15-5-3-2-4-6-15/h2-6,11,14,16,27-28H,7-10,12-13H2,1H3,(H,23,24,25). The minimum absolute atomic E-state index is 0.262. The highest BCUT2D eigenvalue weighted by molar-refractivity contribution is 5.37. The lowest BCUT2D eigenvalue weighted by Gasteiger charge is -2.38. The van der Waals surface area contributed by atoms with Gasteiger partial charge in [0.2, 0.25) is 0 Å². The minimum Gasteiger partial charge on any atom is -0.387 e. The van der Waals surface area contributed by atoms with Gasteiger partial charge in [0.05, 0.1) is 18.3 Å². The first-order chi connectivity index (χ1) is 13.3. The summed E-state index contributed by atoms with van der Waals surface area (Å²) in [6.07, 6.45) is 1.32. The lowest BCUT2D eigenvalue weighted by atomic mass is 9.87. The van der Waals surface area contributed by atoms with Gasteiger partial charge in [-0.2, -0.15) is 0 Å². The summed E-state index contributed by atoms with van der Waals surface area (Å²) in [4.78, 5) is 9.99. The molecule has 28 heavy (non-hydrogen) atoms. The van der Waals surface area contributed by atoms with E-state index >= 15 is 0 Å². The Morgan fingerprint density at radius 2 is 1.89 bits per heavy atom. The maximum absolute atomic E-state index is 13.2. The predicted octanol–water partition coefficient (Wildman–Crippen LogP) is 2.56. The zero-order chi connectivity index (χ0) is 20.2. The zero-order valence-electron chi connectivity index (χ0n) is 15.9. The molecule has 2 aromatic rings. The molecule has 0 spiro atoms. The molecule has 1 aliphatic rings. The van der Waals surface area contributed by atoms with Crippen molar-refractivity contribution in [2.24, 2.45) is 0 Å². The van der Waals surface area contributed by atoms with Crippen molar-refractivity contribution in [3.8, 4) is 0 Å². The lowest BCUT2D eigenvalue weighted by molar-refractivity contribution is -0.0640. The van der Waals surface area contributed by atoms with Gasteiger partial charge in [-0.15, -0.1) is 0 Å². The fraction of sp³-hybridized carbons (Fsp3) is 0.500. The van der Waals surface area contributed by atoms with Gasteiger partial charge in [0, 0.05) is 32.6 Å². The Balaban J connectivity index is 1.60. The van der Waals surface area contributed by atoms with Crippen molar-refractivity contribution in [1.29, 1.82) is 0 Å². The van der Waals surface area contributed by atoms with Crippen LogP contribution in [0.5, 0.6) is 0 Å². The van der Waals surface area contributed by atoms with E-state index in [0.29, 0.717) is 37.4 Å². The molecule has 0 radical (unpaired) electrons. The maximum atomic E-state index is 13.2. The van der Waals surface area contributed by atoms with Crippen LogP contribution in [0.3, 0.4) is 0 Å². The number of nitrogens with one attached hydrogen (secondary N) is 1. The number of likely N-dealkylation sites (tertiary alicyclic amines) is 1. The van der Waals surface area contributed by atoms with Gasteiger partial charge in [-0.25, -0.2) is 18.7 Å². The third-order valence-corrected chi connectivity index (χ3v) is 4.99. The Labute approximate surface area is 163 Å². The molecule has 1 fully saturated rings. The van der Waals surface area contributed by atoms with Crippen LogP contribution in [0.15, 0.2) is 42.7 Å². The number of hydrogen-bond donors (Lipinski definition) is 3. The second kappa shape index (κ2) is 8.46. The number of alkyl halides is 2. The summed E-state index contributed by atoms with van der Waals surface area (Å²) in [5.74, 6) is -2.25. The van der Waals surface area contributed by atoms with Crippen molar-refractivity contribution in [2.75, 3.05) is 31.5 Å². The molecule has 1 saturated heterocycles. The van der Waals surface area contributed by atoms with Gasteiger partial charge in [0.15, 0.2) is 0 Å². The van der Waals surface area contributed by atoms with Gasteiger partial charge in [-0.05, 0) is 18.4 Å². The number of aliphatic hydroxyl groups is 2. The smallest absolute Gasteiger partial charge is 0.257 e. The molecule has 0 aliphatic carbocycles. The van der Waals surface area contributed by atoms with Crippen molar-refractivity contribution in [3.63, 3.8) is 0 Å². The van der Waals surface area contributed by atoms with Crippen LogP contribution in [0, 0.1) is 0 Å². The summed E-state index contributed by atoms with van der Waals surface area (Å²) in [5.41, 5.74) is 0.0850. The van der Waals surface area contributed by atoms with E-state index in [2.05, 4.69) is 15.3 Å². The largest absolute Gasteiger partial charge is 0.387 e. The highest BCUT2D eigenvalue weighted by Crippen LogP contribution is 2.33. The molecule has 3 N–H and O–H groups in total. The van der Waals surface area contributed by atoms with Crippen LogP contribution in [0.25, 0.3) is 0 Å². The molecule has 0 saturated carbocycles. The van der Waals surface area contributed by atoms with Crippen LogP contribution in [-0.4, -0.2) is 57.2 Å². The fourth-order valence-electron chi connectivity index (χ4n) is 3.43. The molecule has 8 heteroatoms. The Morgan fingerprint density at radius 1 is 1.21 bits per heavy atom. The fourth-order valence-corrected chi connectivity index (χ4v) is 3.43. The normalized spacial score (nSPS) is 18.6. The Kier molecular flexibility index (Phi) is 6.22. The number of aliphatic hydroxyl groups excluding tert-OH is 1. The molecule has 3 rings (SSSR count). The second-order valence-electron chi connectivity index (χ2n) is 7.47. The van der Waals surface area contributed by atoms with Gasteiger partial charge in [-0.3, -0.25) is 4.90 Å². The number of rotatable bonds is 7. The Morgan fingerprint density at radius 3 is 2.54 bits per heavy atom. The van der Waals surface area contributed by atoms with E-state index in [1.54, 1.807) is 11.0 Å². The minimum atomic E-state index is -2.75. The van der Waals surface area contributed by atoms with E-state index < -0.39 is 17.6 Å². The SMILES string of the molecule is CC(F)(F)CN1CCC(O)(c2cc(NCC(O)c3ccccc3)ncn2)CC1. The topological polar surface area (TPSA) is 81.5 Å². The van der Waals surface area contributed by atoms with Crippen LogP contribution in [-0.2, 0) is 5.60 Å². The van der Waals surface area contributed by atoms with Crippen LogP contribution in [0.4, 0.5) is 14.6 Å². The van der Waals surface area contributed by atoms with Crippen LogP contribution in [0.1, 0.15) is 37.1 Å². The quantitative estimate of drug-likeness (QED) is 0.672. The van der Waals surface area contributed by atoms with Crippen molar-refractivity contribution >= 4 is 5.82 Å². The molecular weight excluding hydrogens is 366 g/mol. The summed E-state index contributed by atoms with van der Waals surface area (Å²) in [5, 5.41) is 24.3. The van der Waals surface area contributed by atoms with E-state index in [0.717, 1.165) is 12.5 Å². The van der Waals surface area contributed by atoms with Gasteiger partial charge in [-0.1, -0.05) is 30.3 Å². The van der Waals surface area contributed by atoms with E-state index in [9.17, 15) is 19.0 Å². The number of hydrogen-bond acceptors (Lipinski definition) is 6. The number of nitrogens with zero attached hydrogens (tertiary/aromatic N) is 3. The summed E-state index contributed by atoms with van der Waals surface area (Å²) in [6, 6.07) is 10.9. The third-order valence-electron chi connectivity index (χ3n) is 4.99. The maximum Gasteiger partial charge on any atom is 0.257 e. The molecule has 1 aliphatic heterocycles. The number of halogens is 2. The van der Waals surface area contributed by atoms with Gasteiger partial charge < -0.3 is 15.5 Å². The van der Waals surface area contributed by atoms with Crippen LogP contribution >= 0.6 is 0 Å². The zero-order valence-corrected chi connectivity index (χ0v) is 15.9. The number of anilines is 1. The summed E-state index contributed by atoms with van der Waals surface area (Å²) in [6.45, 7) is 1.61. The average molecular weight is 392 g/mol. The summed E-state index contributed by atoms with van der Waals surface area (Å²) >= 11 is 0. The number of aromatic nitrogens is 2. The molecule has 1 aromatic carbocycles. The lowest BCUT2D eigenvalue weighted by Crippen LogP contribution is -2.46. The predicted molar refractivity (Wildman–Crippen MR) is 102 cm³/mol. The van der Waals surface area contributed by atoms with E-state index in [1.165, 1.54) is 6.33 Å². The Hall–Kier alpha value is -2.16. The molecule has 152 valence electrons. The van der Waals surface area contributed by atoms with Gasteiger partial charge in [0.25, 0.3) is 5.92 Å². The highest BCUT2D eigenvalue weighted by Gasteiger charge is 2.37. The van der Waals surface area contributed by atoms with Crippen molar-refractivity contribution in [3.05, 3.63) is 54.0 Å². The third kappa shape index (κ3) is 5.43. The molecule has 0 amide bonds. The molecule has 1 unspecified atom stereocenters. The van der Waals surface area contributed by atoms with Crippen molar-refractivity contribution in [1.82, 2.24) is 14.9 Å². The first-order valence-electron chi connectivity index (χ1n) is 9.37. The summed E-state index contributed by atoms with van der Waals surface area (Å²) in [7, 11) is 0. The van der Waals surface area contributed by atoms with Crippen molar-refractivity contribution in [2.45, 2.75) is 37.4 Å². The molecule has 1 atom stereocenters. The van der Waals surface area contributed by atoms with Crippen LogP contribution < -0.4 is 5.32 Å². The second-order valence-corrected chi connectivity index (χ2v) is 7.47. The average Bonchev–Trinajstić information content (AvgIpc) is 2.68. The number of benzene rings is 1. The molecule has 1 aromatic heterocycles. The molecule has 0 bridgehead atoms. The highest BCUT2D eigenvalue weighted by atomic mass is 19.3. The molecule has 2 heterocycles. The molecule has 6 nitrogen and oxygen atoms in total. The van der Waals surface area contributed by atoms with E-state index in [-0.39, 0.29) is 13.1 Å². The van der Waals surface area contributed by atoms with E-state index in [4.69, 9.17) is 0 Å². The summed E-state index contributed by atoms with van der Waals surface area (Å²) < 4.78 is 26.4. The first kappa shape index (κ1) is 20.6. The van der Waals surface area contributed by atoms with E-state index in [1.807, 2.05) is 30.3 Å². The monoisotopic (exact) mass is 392 g/mol. The number of piperidine rings is 1.